The lowest BCUT2D eigenvalue weighted by Crippen LogP contribution is -2.46. The summed E-state index contributed by atoms with van der Waals surface area (Å²) in [5.41, 5.74) is 6.73. The van der Waals surface area contributed by atoms with Crippen molar-refractivity contribution in [3.63, 3.8) is 0 Å². The summed E-state index contributed by atoms with van der Waals surface area (Å²) >= 11 is 0. The maximum Gasteiger partial charge on any atom is 0.501 e. The fourth-order valence-corrected chi connectivity index (χ4v) is 6.83. The van der Waals surface area contributed by atoms with Crippen LogP contribution in [-0.2, 0) is 26.2 Å². The van der Waals surface area contributed by atoms with Gasteiger partial charge in [-0.15, -0.1) is 0 Å². The van der Waals surface area contributed by atoms with Crippen molar-refractivity contribution in [3.8, 4) is 11.1 Å². The van der Waals surface area contributed by atoms with E-state index in [4.69, 9.17) is 13.3 Å². The van der Waals surface area contributed by atoms with Gasteiger partial charge in [0.25, 0.3) is 0 Å². The summed E-state index contributed by atoms with van der Waals surface area (Å²) in [5, 5.41) is 13.9. The average molecular weight is 430 g/mol. The molecule has 2 aromatic rings. The molecule has 0 saturated carbocycles. The van der Waals surface area contributed by atoms with E-state index in [1.807, 2.05) is 20.8 Å². The number of benzene rings is 2. The molecule has 3 rings (SSSR count). The van der Waals surface area contributed by atoms with Crippen LogP contribution in [0.2, 0.25) is 6.04 Å². The molecule has 30 heavy (non-hydrogen) atoms. The quantitative estimate of drug-likeness (QED) is 0.400. The number of aliphatic hydroxyl groups is 1. The Bertz CT molecular complexity index is 797. The second kappa shape index (κ2) is 11.2. The van der Waals surface area contributed by atoms with Gasteiger partial charge in [-0.2, -0.15) is 0 Å². The molecule has 0 spiro atoms. The molecular formula is C24H35NO4Si. The summed E-state index contributed by atoms with van der Waals surface area (Å²) in [6.45, 7) is 8.80. The van der Waals surface area contributed by atoms with E-state index in [-0.39, 0.29) is 0 Å². The molecular weight excluding hydrogens is 394 g/mol. The van der Waals surface area contributed by atoms with E-state index in [2.05, 4.69) is 47.8 Å². The Morgan fingerprint density at radius 2 is 1.60 bits per heavy atom. The number of aliphatic hydroxyl groups excluding tert-OH is 1. The van der Waals surface area contributed by atoms with Crippen LogP contribution < -0.4 is 5.32 Å². The Labute approximate surface area is 181 Å². The van der Waals surface area contributed by atoms with Crippen molar-refractivity contribution in [1.29, 1.82) is 0 Å². The van der Waals surface area contributed by atoms with Gasteiger partial charge in [0.1, 0.15) is 0 Å². The maximum absolute atomic E-state index is 10.5. The van der Waals surface area contributed by atoms with Crippen molar-refractivity contribution in [3.05, 3.63) is 59.2 Å². The Morgan fingerprint density at radius 3 is 2.30 bits per heavy atom. The highest BCUT2D eigenvalue weighted by Crippen LogP contribution is 2.36. The van der Waals surface area contributed by atoms with Crippen LogP contribution in [0.3, 0.4) is 0 Å². The zero-order valence-corrected chi connectivity index (χ0v) is 19.4. The fraction of sp³-hybridized carbons (Fsp3) is 0.500. The number of hydrogen-bond donors (Lipinski definition) is 2. The van der Waals surface area contributed by atoms with E-state index >= 15 is 0 Å². The first-order valence-electron chi connectivity index (χ1n) is 11.1. The summed E-state index contributed by atoms with van der Waals surface area (Å²) in [5.74, 6) is 0. The van der Waals surface area contributed by atoms with E-state index in [0.29, 0.717) is 38.8 Å². The molecule has 5 nitrogen and oxygen atoms in total. The topological polar surface area (TPSA) is 60.0 Å². The number of rotatable bonds is 13. The molecule has 1 atom stereocenters. The summed E-state index contributed by atoms with van der Waals surface area (Å²) in [4.78, 5) is 0. The van der Waals surface area contributed by atoms with Gasteiger partial charge in [0.15, 0.2) is 0 Å². The van der Waals surface area contributed by atoms with Gasteiger partial charge in [-0.05, 0) is 61.4 Å². The van der Waals surface area contributed by atoms with Gasteiger partial charge in [0, 0.05) is 39.0 Å². The van der Waals surface area contributed by atoms with Crippen LogP contribution in [0, 0.1) is 0 Å². The first kappa shape index (κ1) is 23.1. The van der Waals surface area contributed by atoms with E-state index in [0.717, 1.165) is 13.0 Å². The van der Waals surface area contributed by atoms with Crippen LogP contribution in [0.1, 0.15) is 43.9 Å². The van der Waals surface area contributed by atoms with Crippen molar-refractivity contribution in [1.82, 2.24) is 5.32 Å². The van der Waals surface area contributed by atoms with E-state index in [9.17, 15) is 5.11 Å². The number of hydrogen-bond acceptors (Lipinski definition) is 5. The molecule has 2 N–H and O–H groups in total. The molecule has 6 heteroatoms. The zero-order valence-electron chi connectivity index (χ0n) is 18.4. The first-order chi connectivity index (χ1) is 14.6. The van der Waals surface area contributed by atoms with Gasteiger partial charge in [0.2, 0.25) is 0 Å². The standard InChI is InChI=1S/C24H35NO4Si/c1-4-27-30(28-5-2,29-6-3)14-13-22(26)18-25-17-19-11-12-24-21(15-19)16-20-9-7-8-10-23(20)24/h7-12,15,22,25-26H,4-6,13-14,16-18H2,1-3H3. The van der Waals surface area contributed by atoms with Crippen molar-refractivity contribution >= 4 is 8.80 Å². The van der Waals surface area contributed by atoms with Gasteiger partial charge < -0.3 is 23.7 Å². The lowest BCUT2D eigenvalue weighted by molar-refractivity contribution is 0.0651. The fourth-order valence-electron chi connectivity index (χ4n) is 4.14. The lowest BCUT2D eigenvalue weighted by Gasteiger charge is -2.29. The molecule has 0 aliphatic heterocycles. The minimum absolute atomic E-state index is 0.461. The molecule has 1 aliphatic carbocycles. The van der Waals surface area contributed by atoms with Crippen LogP contribution in [0.5, 0.6) is 0 Å². The molecule has 164 valence electrons. The average Bonchev–Trinajstić information content (AvgIpc) is 3.11. The van der Waals surface area contributed by atoms with E-state index in [1.54, 1.807) is 0 Å². The van der Waals surface area contributed by atoms with Gasteiger partial charge in [-0.1, -0.05) is 42.5 Å². The molecule has 1 unspecified atom stereocenters. The summed E-state index contributed by atoms with van der Waals surface area (Å²) in [6, 6.07) is 15.9. The Hall–Kier alpha value is -1.54. The van der Waals surface area contributed by atoms with Crippen LogP contribution in [0.4, 0.5) is 0 Å². The second-order valence-electron chi connectivity index (χ2n) is 7.63. The predicted molar refractivity (Wildman–Crippen MR) is 122 cm³/mol. The Kier molecular flexibility index (Phi) is 8.62. The highest BCUT2D eigenvalue weighted by atomic mass is 28.4. The smallest absolute Gasteiger partial charge is 0.392 e. The summed E-state index contributed by atoms with van der Waals surface area (Å²) in [7, 11) is -2.69. The van der Waals surface area contributed by atoms with Gasteiger partial charge in [0.05, 0.1) is 6.10 Å². The molecule has 2 aromatic carbocycles. The van der Waals surface area contributed by atoms with Crippen LogP contribution >= 0.6 is 0 Å². The summed E-state index contributed by atoms with van der Waals surface area (Å²) in [6.07, 6.45) is 1.14. The third-order valence-corrected chi connectivity index (χ3v) is 8.53. The summed E-state index contributed by atoms with van der Waals surface area (Å²) < 4.78 is 17.6. The second-order valence-corrected chi connectivity index (χ2v) is 10.4. The molecule has 0 heterocycles. The lowest BCUT2D eigenvalue weighted by atomic mass is 10.0. The van der Waals surface area contributed by atoms with Crippen molar-refractivity contribution < 1.29 is 18.4 Å². The minimum atomic E-state index is -2.69. The van der Waals surface area contributed by atoms with Crippen LogP contribution in [-0.4, -0.2) is 46.4 Å². The van der Waals surface area contributed by atoms with Gasteiger partial charge >= 0.3 is 8.80 Å². The molecule has 1 aliphatic rings. The van der Waals surface area contributed by atoms with Gasteiger partial charge in [-0.25, -0.2) is 0 Å². The largest absolute Gasteiger partial charge is 0.501 e. The molecule has 0 radical (unpaired) electrons. The van der Waals surface area contributed by atoms with Crippen molar-refractivity contribution in [2.24, 2.45) is 0 Å². The molecule has 0 fully saturated rings. The molecule has 0 saturated heterocycles. The van der Waals surface area contributed by atoms with E-state index < -0.39 is 14.9 Å². The van der Waals surface area contributed by atoms with Crippen molar-refractivity contribution in [2.75, 3.05) is 26.4 Å². The first-order valence-corrected chi connectivity index (χ1v) is 13.0. The van der Waals surface area contributed by atoms with Crippen LogP contribution in [0.15, 0.2) is 42.5 Å². The molecule has 0 bridgehead atoms. The Balaban J connectivity index is 1.48. The zero-order chi connectivity index (χ0) is 21.4. The minimum Gasteiger partial charge on any atom is -0.392 e. The monoisotopic (exact) mass is 429 g/mol. The highest BCUT2D eigenvalue weighted by molar-refractivity contribution is 6.60. The SMILES string of the molecule is CCO[Si](CCC(O)CNCc1ccc2c(c1)Cc1ccccc1-2)(OCC)OCC. The molecule has 0 aromatic heterocycles. The van der Waals surface area contributed by atoms with Crippen LogP contribution in [0.25, 0.3) is 11.1 Å². The highest BCUT2D eigenvalue weighted by Gasteiger charge is 2.40. The maximum atomic E-state index is 10.5. The normalized spacial score (nSPS) is 13.9. The number of fused-ring (bicyclic) bond motifs is 3. The molecule has 0 amide bonds. The van der Waals surface area contributed by atoms with E-state index in [1.165, 1.54) is 27.8 Å². The predicted octanol–water partition coefficient (Wildman–Crippen LogP) is 4.15. The Morgan fingerprint density at radius 1 is 0.933 bits per heavy atom. The third kappa shape index (κ3) is 5.78. The number of nitrogens with one attached hydrogen (secondary N) is 1. The van der Waals surface area contributed by atoms with Gasteiger partial charge in [-0.3, -0.25) is 0 Å². The third-order valence-electron chi connectivity index (χ3n) is 5.44. The van der Waals surface area contributed by atoms with Crippen molar-refractivity contribution in [2.45, 2.75) is 52.3 Å².